The molecule has 2 rings (SSSR count). The maximum atomic E-state index is 4.44. The Bertz CT molecular complexity index is 620. The van der Waals surface area contributed by atoms with Crippen LogP contribution < -0.4 is 10.0 Å². The number of benzene rings is 1. The third-order valence-corrected chi connectivity index (χ3v) is 3.64. The van der Waals surface area contributed by atoms with Crippen LogP contribution in [0.25, 0.3) is 0 Å². The number of rotatable bonds is 4. The first kappa shape index (κ1) is 15.6. The number of anilines is 3. The second kappa shape index (κ2) is 6.35. The van der Waals surface area contributed by atoms with Crippen LogP contribution in [0.15, 0.2) is 30.5 Å². The lowest BCUT2D eigenvalue weighted by Crippen LogP contribution is -2.10. The lowest BCUT2D eigenvalue weighted by atomic mass is 10.2. The molecule has 1 heterocycles. The second-order valence-corrected chi connectivity index (χ2v) is 7.60. The van der Waals surface area contributed by atoms with Crippen LogP contribution in [0.5, 0.6) is 0 Å². The van der Waals surface area contributed by atoms with Crippen molar-refractivity contribution in [1.29, 1.82) is 0 Å². The summed E-state index contributed by atoms with van der Waals surface area (Å²) in [5.41, 5.74) is 3.11. The highest BCUT2D eigenvalue weighted by atomic mass is 32.2. The molecule has 2 aromatic rings. The fraction of sp³-hybridized carbons (Fsp3) is 0.375. The smallest absolute Gasteiger partial charge is 0.136 e. The molecule has 0 spiro atoms. The third-order valence-electron chi connectivity index (χ3n) is 2.69. The van der Waals surface area contributed by atoms with Gasteiger partial charge in [0, 0.05) is 27.9 Å². The van der Waals surface area contributed by atoms with Gasteiger partial charge in [-0.3, -0.25) is 0 Å². The fourth-order valence-electron chi connectivity index (χ4n) is 1.67. The van der Waals surface area contributed by atoms with Crippen LogP contribution in [0, 0.1) is 13.8 Å². The van der Waals surface area contributed by atoms with E-state index in [4.69, 9.17) is 0 Å². The Kier molecular flexibility index (Phi) is 4.73. The van der Waals surface area contributed by atoms with Crippen molar-refractivity contribution in [2.45, 2.75) is 39.4 Å². The summed E-state index contributed by atoms with van der Waals surface area (Å²) in [5.74, 6) is 1.61. The van der Waals surface area contributed by atoms with Gasteiger partial charge in [-0.1, -0.05) is 6.07 Å². The zero-order valence-corrected chi connectivity index (χ0v) is 14.0. The molecule has 0 radical (unpaired) electrons. The molecule has 0 bridgehead atoms. The van der Waals surface area contributed by atoms with E-state index in [1.165, 1.54) is 0 Å². The van der Waals surface area contributed by atoms with Gasteiger partial charge in [-0.25, -0.2) is 9.97 Å². The van der Waals surface area contributed by atoms with Crippen LogP contribution in [0.1, 0.15) is 32.2 Å². The summed E-state index contributed by atoms with van der Waals surface area (Å²) in [6.45, 7) is 10.4. The van der Waals surface area contributed by atoms with E-state index in [-0.39, 0.29) is 4.75 Å². The van der Waals surface area contributed by atoms with Crippen molar-refractivity contribution in [3.05, 3.63) is 41.9 Å². The average molecular weight is 302 g/mol. The van der Waals surface area contributed by atoms with E-state index in [2.05, 4.69) is 52.9 Å². The molecule has 21 heavy (non-hydrogen) atoms. The number of hydrogen-bond acceptors (Lipinski definition) is 5. The summed E-state index contributed by atoms with van der Waals surface area (Å²) >= 11 is 1.70. The Morgan fingerprint density at radius 2 is 1.81 bits per heavy atom. The van der Waals surface area contributed by atoms with Gasteiger partial charge in [0.1, 0.15) is 11.6 Å². The molecule has 1 aromatic carbocycles. The quantitative estimate of drug-likeness (QED) is 0.802. The summed E-state index contributed by atoms with van der Waals surface area (Å²) in [6.07, 6.45) is 1.84. The zero-order chi connectivity index (χ0) is 15.5. The van der Waals surface area contributed by atoms with Gasteiger partial charge in [-0.2, -0.15) is 0 Å². The molecule has 0 atom stereocenters. The first-order valence-electron chi connectivity index (χ1n) is 6.95. The minimum Gasteiger partial charge on any atom is -0.340 e. The van der Waals surface area contributed by atoms with Crippen molar-refractivity contribution in [2.75, 3.05) is 10.0 Å². The average Bonchev–Trinajstić information content (AvgIpc) is 2.40. The monoisotopic (exact) mass is 302 g/mol. The first-order chi connectivity index (χ1) is 9.83. The van der Waals surface area contributed by atoms with Crippen LogP contribution in [-0.4, -0.2) is 14.7 Å². The lowest BCUT2D eigenvalue weighted by molar-refractivity contribution is 0.806. The highest BCUT2D eigenvalue weighted by molar-refractivity contribution is 8.01. The van der Waals surface area contributed by atoms with Gasteiger partial charge in [-0.15, -0.1) is 0 Å². The van der Waals surface area contributed by atoms with E-state index >= 15 is 0 Å². The molecule has 0 saturated carbocycles. The van der Waals surface area contributed by atoms with Crippen molar-refractivity contribution >= 4 is 29.1 Å². The molecule has 5 heteroatoms. The minimum atomic E-state index is 0.170. The van der Waals surface area contributed by atoms with E-state index in [1.54, 1.807) is 11.9 Å². The van der Waals surface area contributed by atoms with E-state index < -0.39 is 0 Å². The molecular weight excluding hydrogens is 280 g/mol. The normalized spacial score (nSPS) is 11.3. The number of hydrogen-bond donors (Lipinski definition) is 2. The van der Waals surface area contributed by atoms with Gasteiger partial charge >= 0.3 is 0 Å². The molecule has 112 valence electrons. The summed E-state index contributed by atoms with van der Waals surface area (Å²) in [6, 6.07) is 8.19. The SMILES string of the molecule is Cc1ncc(C)c(Nc2cccc(NSC(C)(C)C)c2)n1. The fourth-order valence-corrected chi connectivity index (χ4v) is 2.22. The Morgan fingerprint density at radius 1 is 1.10 bits per heavy atom. The maximum absolute atomic E-state index is 4.44. The second-order valence-electron chi connectivity index (χ2n) is 5.97. The molecule has 0 aliphatic heterocycles. The van der Waals surface area contributed by atoms with Gasteiger partial charge < -0.3 is 10.0 Å². The molecule has 0 aliphatic carbocycles. The van der Waals surface area contributed by atoms with Gasteiger partial charge in [-0.05, 0) is 64.8 Å². The van der Waals surface area contributed by atoms with E-state index in [9.17, 15) is 0 Å². The number of aromatic nitrogens is 2. The molecule has 4 nitrogen and oxygen atoms in total. The van der Waals surface area contributed by atoms with Crippen LogP contribution in [0.2, 0.25) is 0 Å². The highest BCUT2D eigenvalue weighted by Gasteiger charge is 2.10. The van der Waals surface area contributed by atoms with Gasteiger partial charge in [0.25, 0.3) is 0 Å². The summed E-state index contributed by atoms with van der Waals surface area (Å²) < 4.78 is 3.55. The summed E-state index contributed by atoms with van der Waals surface area (Å²) in [4.78, 5) is 8.62. The Balaban J connectivity index is 2.12. The van der Waals surface area contributed by atoms with Gasteiger partial charge in [0.2, 0.25) is 0 Å². The maximum Gasteiger partial charge on any atom is 0.136 e. The predicted octanol–water partition coefficient (Wildman–Crippen LogP) is 4.70. The van der Waals surface area contributed by atoms with E-state index in [1.807, 2.05) is 32.2 Å². The molecular formula is C16H22N4S. The van der Waals surface area contributed by atoms with Crippen molar-refractivity contribution in [2.24, 2.45) is 0 Å². The van der Waals surface area contributed by atoms with Crippen LogP contribution in [0.3, 0.4) is 0 Å². The topological polar surface area (TPSA) is 49.8 Å². The highest BCUT2D eigenvalue weighted by Crippen LogP contribution is 2.27. The summed E-state index contributed by atoms with van der Waals surface area (Å²) in [7, 11) is 0. The minimum absolute atomic E-state index is 0.170. The van der Waals surface area contributed by atoms with E-state index in [0.717, 1.165) is 28.6 Å². The van der Waals surface area contributed by atoms with Crippen LogP contribution in [0.4, 0.5) is 17.2 Å². The summed E-state index contributed by atoms with van der Waals surface area (Å²) in [5, 5.41) is 3.35. The number of nitrogens with zero attached hydrogens (tertiary/aromatic N) is 2. The molecule has 2 N–H and O–H groups in total. The van der Waals surface area contributed by atoms with Gasteiger partial charge in [0.15, 0.2) is 0 Å². The Morgan fingerprint density at radius 3 is 2.52 bits per heavy atom. The Labute approximate surface area is 130 Å². The molecule has 0 amide bonds. The number of aryl methyl sites for hydroxylation is 2. The van der Waals surface area contributed by atoms with Crippen molar-refractivity contribution < 1.29 is 0 Å². The molecule has 0 unspecified atom stereocenters. The standard InChI is InChI=1S/C16H22N4S/c1-11-10-17-12(2)18-15(11)19-13-7-6-8-14(9-13)20-21-16(3,4)5/h6-10,20H,1-5H3,(H,17,18,19). The van der Waals surface area contributed by atoms with Crippen molar-refractivity contribution in [3.8, 4) is 0 Å². The molecule has 0 aliphatic rings. The van der Waals surface area contributed by atoms with Gasteiger partial charge in [0.05, 0.1) is 0 Å². The molecule has 0 saturated heterocycles. The molecule has 1 aromatic heterocycles. The largest absolute Gasteiger partial charge is 0.340 e. The van der Waals surface area contributed by atoms with Crippen LogP contribution >= 0.6 is 11.9 Å². The van der Waals surface area contributed by atoms with Crippen molar-refractivity contribution in [3.63, 3.8) is 0 Å². The Hall–Kier alpha value is -1.75. The first-order valence-corrected chi connectivity index (χ1v) is 7.76. The lowest BCUT2D eigenvalue weighted by Gasteiger charge is -2.18. The zero-order valence-electron chi connectivity index (χ0n) is 13.2. The molecule has 0 fully saturated rings. The number of nitrogens with one attached hydrogen (secondary N) is 2. The predicted molar refractivity (Wildman–Crippen MR) is 92.2 cm³/mol. The third kappa shape index (κ3) is 4.93. The van der Waals surface area contributed by atoms with Crippen LogP contribution in [-0.2, 0) is 0 Å². The van der Waals surface area contributed by atoms with Crippen molar-refractivity contribution in [1.82, 2.24) is 9.97 Å². The van der Waals surface area contributed by atoms with E-state index in [0.29, 0.717) is 0 Å².